The van der Waals surface area contributed by atoms with Crippen molar-refractivity contribution in [3.8, 4) is 0 Å². The Morgan fingerprint density at radius 3 is 2.55 bits per heavy atom. The molecule has 11 nitrogen and oxygen atoms in total. The summed E-state index contributed by atoms with van der Waals surface area (Å²) in [4.78, 5) is 25.4. The number of hydrogen-bond donors (Lipinski definition) is 2. The monoisotopic (exact) mass is 600 g/mol. The van der Waals surface area contributed by atoms with Gasteiger partial charge in [-0.15, -0.1) is 0 Å². The van der Waals surface area contributed by atoms with E-state index in [1.165, 1.54) is 23.2 Å². The van der Waals surface area contributed by atoms with Crippen LogP contribution in [0.1, 0.15) is 17.0 Å². The summed E-state index contributed by atoms with van der Waals surface area (Å²) in [7, 11) is -5.92. The molecule has 0 unspecified atom stereocenters. The molecule has 3 aromatic rings. The molecule has 1 aliphatic heterocycles. The lowest BCUT2D eigenvalue weighted by Crippen LogP contribution is -2.40. The summed E-state index contributed by atoms with van der Waals surface area (Å²) in [6.45, 7) is 0.383. The highest BCUT2D eigenvalue weighted by atomic mass is 32.2. The summed E-state index contributed by atoms with van der Waals surface area (Å²) in [5.41, 5.74) is -0.336. The van der Waals surface area contributed by atoms with Crippen molar-refractivity contribution >= 4 is 45.4 Å². The van der Waals surface area contributed by atoms with Crippen molar-refractivity contribution < 1.29 is 36.1 Å². The second-order valence-electron chi connectivity index (χ2n) is 9.64. The van der Waals surface area contributed by atoms with Crippen LogP contribution in [0.15, 0.2) is 30.5 Å². The van der Waals surface area contributed by atoms with Gasteiger partial charge in [0.2, 0.25) is 10.0 Å². The molecule has 40 heavy (non-hydrogen) atoms. The van der Waals surface area contributed by atoms with Crippen molar-refractivity contribution in [2.24, 2.45) is 0 Å². The molecule has 0 atom stereocenters. The van der Waals surface area contributed by atoms with E-state index < -0.39 is 47.1 Å². The third-order valence-electron chi connectivity index (χ3n) is 6.74. The molecule has 3 heterocycles. The van der Waals surface area contributed by atoms with Gasteiger partial charge < -0.3 is 19.9 Å². The van der Waals surface area contributed by atoms with Crippen LogP contribution in [0.2, 0.25) is 0 Å². The Hall–Kier alpha value is -3.29. The molecule has 0 saturated carbocycles. The van der Waals surface area contributed by atoms with Gasteiger partial charge in [0.15, 0.2) is 0 Å². The standard InChI is InChI=1S/C24H28F3N6O5PS/c1-15-30-19-13-28-20(39(36)9-7-33(8-10-39)23(34)35)11-17(19)22(31-15)29-12-16-5-4-6-18(21(16)25)24(26,27)14-32(2)40(3,37)38/h4-6,11,13H,7-10,12,14H2,1-3H3,(H,34,35)(H,29,30,31). The van der Waals surface area contributed by atoms with E-state index in [-0.39, 0.29) is 43.3 Å². The highest BCUT2D eigenvalue weighted by molar-refractivity contribution is 7.88. The number of nitrogens with one attached hydrogen (secondary N) is 1. The molecule has 0 aliphatic carbocycles. The molecule has 1 saturated heterocycles. The van der Waals surface area contributed by atoms with Gasteiger partial charge in [-0.25, -0.2) is 27.6 Å². The van der Waals surface area contributed by atoms with Crippen molar-refractivity contribution in [3.63, 3.8) is 0 Å². The van der Waals surface area contributed by atoms with E-state index in [1.807, 2.05) is 0 Å². The topological polar surface area (TPSA) is 146 Å². The number of likely N-dealkylation sites (N-methyl/N-ethyl adjacent to an activating group) is 1. The number of hydrogen-bond acceptors (Lipinski definition) is 8. The van der Waals surface area contributed by atoms with Crippen molar-refractivity contribution in [2.45, 2.75) is 19.4 Å². The number of pyridine rings is 1. The number of aryl methyl sites for hydroxylation is 1. The third-order valence-corrected chi connectivity index (χ3v) is 10.9. The predicted molar refractivity (Wildman–Crippen MR) is 144 cm³/mol. The van der Waals surface area contributed by atoms with Crippen molar-refractivity contribution in [1.82, 2.24) is 24.2 Å². The fraction of sp³-hybridized carbons (Fsp3) is 0.417. The van der Waals surface area contributed by atoms with Gasteiger partial charge in [-0.2, -0.15) is 13.1 Å². The van der Waals surface area contributed by atoms with Gasteiger partial charge in [0.05, 0.1) is 30.1 Å². The van der Waals surface area contributed by atoms with E-state index in [1.54, 1.807) is 13.0 Å². The Balaban J connectivity index is 1.62. The number of rotatable bonds is 8. The van der Waals surface area contributed by atoms with Crippen molar-refractivity contribution in [3.05, 3.63) is 53.2 Å². The molecular weight excluding hydrogens is 572 g/mol. The van der Waals surface area contributed by atoms with E-state index >= 15 is 4.39 Å². The van der Waals surface area contributed by atoms with Crippen LogP contribution >= 0.6 is 7.14 Å². The molecule has 2 N–H and O–H groups in total. The summed E-state index contributed by atoms with van der Waals surface area (Å²) in [6.07, 6.45) is 1.41. The minimum absolute atomic E-state index is 0.105. The quantitative estimate of drug-likeness (QED) is 0.373. The number of carboxylic acid groups (broad SMARTS) is 1. The van der Waals surface area contributed by atoms with Gasteiger partial charge in [-0.05, 0) is 13.0 Å². The van der Waals surface area contributed by atoms with E-state index in [4.69, 9.17) is 0 Å². The van der Waals surface area contributed by atoms with Crippen LogP contribution in [-0.2, 0) is 27.1 Å². The third kappa shape index (κ3) is 6.21. The van der Waals surface area contributed by atoms with E-state index in [2.05, 4.69) is 20.3 Å². The van der Waals surface area contributed by atoms with Crippen LogP contribution in [0.25, 0.3) is 10.9 Å². The highest BCUT2D eigenvalue weighted by Crippen LogP contribution is 2.46. The van der Waals surface area contributed by atoms with E-state index in [9.17, 15) is 31.7 Å². The first-order chi connectivity index (χ1) is 18.6. The minimum atomic E-state index is -3.91. The lowest BCUT2D eigenvalue weighted by Gasteiger charge is -2.30. The Labute approximate surface area is 228 Å². The first-order valence-electron chi connectivity index (χ1n) is 12.1. The normalized spacial score (nSPS) is 15.9. The van der Waals surface area contributed by atoms with Gasteiger partial charge in [-0.1, -0.05) is 18.2 Å². The number of carbonyl (C=O) groups is 1. The summed E-state index contributed by atoms with van der Waals surface area (Å²) in [5, 5.41) is 12.6. The Morgan fingerprint density at radius 1 is 1.25 bits per heavy atom. The maximum absolute atomic E-state index is 15.2. The zero-order chi connectivity index (χ0) is 29.5. The van der Waals surface area contributed by atoms with Crippen LogP contribution in [0, 0.1) is 12.7 Å². The molecule has 1 aromatic carbocycles. The Bertz CT molecular complexity index is 1610. The fourth-order valence-corrected chi connectivity index (χ4v) is 7.20. The molecule has 0 bridgehead atoms. The summed E-state index contributed by atoms with van der Waals surface area (Å²) in [5.74, 6) is -4.38. The molecular formula is C24H28F3N6O5PS. The molecule has 2 aromatic heterocycles. The van der Waals surface area contributed by atoms with Crippen molar-refractivity contribution in [1.29, 1.82) is 0 Å². The lowest BCUT2D eigenvalue weighted by atomic mass is 10.0. The van der Waals surface area contributed by atoms with Gasteiger partial charge in [0.1, 0.15) is 30.0 Å². The number of amides is 1. The number of benzene rings is 1. The number of anilines is 1. The average Bonchev–Trinajstić information content (AvgIpc) is 2.87. The molecule has 0 spiro atoms. The predicted octanol–water partition coefficient (Wildman–Crippen LogP) is 3.05. The van der Waals surface area contributed by atoms with Gasteiger partial charge in [0, 0.05) is 50.0 Å². The molecule has 1 aliphatic rings. The molecule has 1 amide bonds. The molecule has 1 fully saturated rings. The first kappa shape index (κ1) is 29.7. The van der Waals surface area contributed by atoms with Crippen LogP contribution in [0.4, 0.5) is 23.8 Å². The Kier molecular flexibility index (Phi) is 8.12. The molecule has 216 valence electrons. The van der Waals surface area contributed by atoms with Gasteiger partial charge >= 0.3 is 6.09 Å². The van der Waals surface area contributed by atoms with Crippen molar-refractivity contribution in [2.75, 3.05) is 50.6 Å². The number of halogens is 3. The largest absolute Gasteiger partial charge is 0.465 e. The van der Waals surface area contributed by atoms with E-state index in [0.29, 0.717) is 26.5 Å². The Morgan fingerprint density at radius 2 is 1.93 bits per heavy atom. The smallest absolute Gasteiger partial charge is 0.407 e. The second kappa shape index (κ2) is 10.9. The maximum Gasteiger partial charge on any atom is 0.407 e. The van der Waals surface area contributed by atoms with Crippen LogP contribution < -0.4 is 10.8 Å². The number of aromatic nitrogens is 3. The number of sulfonamides is 1. The zero-order valence-electron chi connectivity index (χ0n) is 21.9. The second-order valence-corrected chi connectivity index (χ2v) is 14.9. The van der Waals surface area contributed by atoms with Crippen LogP contribution in [0.3, 0.4) is 0 Å². The van der Waals surface area contributed by atoms with Gasteiger partial charge in [-0.3, -0.25) is 4.98 Å². The lowest BCUT2D eigenvalue weighted by molar-refractivity contribution is -0.0203. The summed E-state index contributed by atoms with van der Waals surface area (Å²) >= 11 is 0. The maximum atomic E-state index is 15.2. The zero-order valence-corrected chi connectivity index (χ0v) is 23.6. The van der Waals surface area contributed by atoms with Crippen LogP contribution in [-0.4, -0.2) is 89.0 Å². The fourth-order valence-electron chi connectivity index (χ4n) is 4.36. The summed E-state index contributed by atoms with van der Waals surface area (Å²) in [6, 6.07) is 5.05. The van der Waals surface area contributed by atoms with Crippen LogP contribution in [0.5, 0.6) is 0 Å². The number of nitrogens with zero attached hydrogens (tertiary/aromatic N) is 5. The SMILES string of the molecule is Cc1nc(NCc2cccc(C(F)(F)CN(C)S(C)(=O)=O)c2F)c2cc(P3(=O)CCN(C(=O)O)CC3)ncc2n1. The van der Waals surface area contributed by atoms with E-state index in [0.717, 1.165) is 19.4 Å². The molecule has 4 rings (SSSR count). The highest BCUT2D eigenvalue weighted by Gasteiger charge is 2.38. The molecule has 16 heteroatoms. The molecule has 0 radical (unpaired) electrons. The number of alkyl halides is 2. The minimum Gasteiger partial charge on any atom is -0.465 e. The summed E-state index contributed by atoms with van der Waals surface area (Å²) < 4.78 is 82.3. The number of fused-ring (bicyclic) bond motifs is 1. The van der Waals surface area contributed by atoms with Gasteiger partial charge in [0.25, 0.3) is 5.92 Å². The first-order valence-corrected chi connectivity index (χ1v) is 16.0. The average molecular weight is 601 g/mol.